The zero-order valence-electron chi connectivity index (χ0n) is 12.1. The molecule has 0 aliphatic heterocycles. The van der Waals surface area contributed by atoms with E-state index in [0.29, 0.717) is 10.6 Å². The summed E-state index contributed by atoms with van der Waals surface area (Å²) in [7, 11) is -3.73. The van der Waals surface area contributed by atoms with Crippen LogP contribution in [0.4, 0.5) is 0 Å². The fraction of sp³-hybridized carbons (Fsp3) is 0.235. The van der Waals surface area contributed by atoms with Crippen molar-refractivity contribution >= 4 is 21.4 Å². The fourth-order valence-electron chi connectivity index (χ4n) is 3.15. The molecule has 1 aliphatic rings. The number of benzene rings is 2. The van der Waals surface area contributed by atoms with Crippen molar-refractivity contribution in [3.8, 4) is 6.07 Å². The van der Waals surface area contributed by atoms with Crippen LogP contribution in [0.5, 0.6) is 0 Å². The van der Waals surface area contributed by atoms with Crippen molar-refractivity contribution in [1.82, 2.24) is 0 Å². The Bertz CT molecular complexity index is 876. The summed E-state index contributed by atoms with van der Waals surface area (Å²) in [5.74, 6) is -0.596. The number of aliphatic hydroxyl groups excluding tert-OH is 1. The zero-order chi connectivity index (χ0) is 16.7. The third-order valence-corrected chi connectivity index (χ3v) is 6.87. The maximum atomic E-state index is 12.9. The van der Waals surface area contributed by atoms with Crippen molar-refractivity contribution in [1.29, 1.82) is 5.26 Å². The summed E-state index contributed by atoms with van der Waals surface area (Å²) in [6.45, 7) is -0.516. The first-order chi connectivity index (χ1) is 11.0. The minimum atomic E-state index is -3.73. The van der Waals surface area contributed by atoms with Gasteiger partial charge in [-0.2, -0.15) is 5.26 Å². The van der Waals surface area contributed by atoms with Crippen LogP contribution in [-0.4, -0.2) is 25.4 Å². The summed E-state index contributed by atoms with van der Waals surface area (Å²) >= 11 is 5.98. The average Bonchev–Trinajstić information content (AvgIpc) is 3.26. The summed E-state index contributed by atoms with van der Waals surface area (Å²) < 4.78 is 25.8. The van der Waals surface area contributed by atoms with Crippen LogP contribution in [0.15, 0.2) is 59.5 Å². The number of aliphatic hydroxyl groups is 1. The van der Waals surface area contributed by atoms with Gasteiger partial charge in [-0.25, -0.2) is 8.42 Å². The molecule has 0 unspecified atom stereocenters. The second-order valence-electron chi connectivity index (χ2n) is 5.62. The predicted octanol–water partition coefficient (Wildman–Crippen LogP) is 2.78. The van der Waals surface area contributed by atoms with Crippen molar-refractivity contribution in [3.05, 3.63) is 65.2 Å². The highest BCUT2D eigenvalue weighted by atomic mass is 35.5. The summed E-state index contributed by atoms with van der Waals surface area (Å²) in [6.07, 6.45) is 0. The van der Waals surface area contributed by atoms with Crippen LogP contribution in [0.2, 0.25) is 5.02 Å². The van der Waals surface area contributed by atoms with Crippen molar-refractivity contribution in [2.45, 2.75) is 16.1 Å². The summed E-state index contributed by atoms with van der Waals surface area (Å²) in [5, 5.41) is 18.7. The molecule has 1 saturated carbocycles. The fourth-order valence-corrected chi connectivity index (χ4v) is 5.68. The summed E-state index contributed by atoms with van der Waals surface area (Å²) in [6, 6.07) is 16.8. The molecule has 0 spiro atoms. The number of nitrogens with zero attached hydrogens (tertiary/aromatic N) is 1. The molecule has 0 amide bonds. The Morgan fingerprint density at radius 3 is 2.43 bits per heavy atom. The summed E-state index contributed by atoms with van der Waals surface area (Å²) in [4.78, 5) is 0.155. The minimum absolute atomic E-state index is 0.155. The number of sulfone groups is 1. The minimum Gasteiger partial charge on any atom is -0.395 e. The molecule has 118 valence electrons. The molecule has 1 N–H and O–H groups in total. The first kappa shape index (κ1) is 16.0. The Morgan fingerprint density at radius 2 is 1.87 bits per heavy atom. The van der Waals surface area contributed by atoms with Crippen LogP contribution in [0.25, 0.3) is 0 Å². The normalized spacial score (nSPS) is 26.5. The lowest BCUT2D eigenvalue weighted by atomic mass is 10.0. The molecule has 4 nitrogen and oxygen atoms in total. The Morgan fingerprint density at radius 1 is 1.17 bits per heavy atom. The molecule has 0 heterocycles. The van der Waals surface area contributed by atoms with Gasteiger partial charge in [0.1, 0.15) is 5.41 Å². The van der Waals surface area contributed by atoms with Gasteiger partial charge in [-0.1, -0.05) is 41.9 Å². The van der Waals surface area contributed by atoms with Gasteiger partial charge in [0.2, 0.25) is 0 Å². The molecule has 1 fully saturated rings. The van der Waals surface area contributed by atoms with E-state index in [1.165, 1.54) is 12.1 Å². The molecule has 3 rings (SSSR count). The summed E-state index contributed by atoms with van der Waals surface area (Å²) in [5.41, 5.74) is -0.683. The molecule has 1 aliphatic carbocycles. The van der Waals surface area contributed by atoms with Crippen LogP contribution in [0.1, 0.15) is 11.5 Å². The lowest BCUT2D eigenvalue weighted by Gasteiger charge is -2.05. The topological polar surface area (TPSA) is 78.2 Å². The van der Waals surface area contributed by atoms with E-state index in [1.54, 1.807) is 42.5 Å². The second kappa shape index (κ2) is 5.64. The van der Waals surface area contributed by atoms with Gasteiger partial charge in [-0.3, -0.25) is 0 Å². The Balaban J connectivity index is 2.10. The lowest BCUT2D eigenvalue weighted by molar-refractivity contribution is 0.242. The molecule has 2 aromatic rings. The maximum absolute atomic E-state index is 12.9. The van der Waals surface area contributed by atoms with Gasteiger partial charge in [-0.05, 0) is 29.8 Å². The number of halogens is 1. The van der Waals surface area contributed by atoms with Gasteiger partial charge in [0.25, 0.3) is 0 Å². The molecular weight excluding hydrogens is 334 g/mol. The van der Waals surface area contributed by atoms with Crippen molar-refractivity contribution in [2.75, 3.05) is 6.61 Å². The molecule has 0 radical (unpaired) electrons. The highest BCUT2D eigenvalue weighted by Gasteiger charge is 2.72. The van der Waals surface area contributed by atoms with Crippen LogP contribution in [-0.2, 0) is 9.84 Å². The Labute approximate surface area is 139 Å². The Hall–Kier alpha value is -1.87. The van der Waals surface area contributed by atoms with Gasteiger partial charge in [0.05, 0.1) is 22.8 Å². The number of hydrogen-bond acceptors (Lipinski definition) is 4. The third kappa shape index (κ3) is 2.43. The predicted molar refractivity (Wildman–Crippen MR) is 86.7 cm³/mol. The monoisotopic (exact) mass is 347 g/mol. The molecule has 23 heavy (non-hydrogen) atoms. The van der Waals surface area contributed by atoms with Gasteiger partial charge in [-0.15, -0.1) is 0 Å². The quantitative estimate of drug-likeness (QED) is 0.922. The van der Waals surface area contributed by atoms with Crippen LogP contribution < -0.4 is 0 Å². The van der Waals surface area contributed by atoms with Crippen LogP contribution in [0.3, 0.4) is 0 Å². The van der Waals surface area contributed by atoms with E-state index < -0.39 is 33.0 Å². The van der Waals surface area contributed by atoms with E-state index in [-0.39, 0.29) is 4.90 Å². The van der Waals surface area contributed by atoms with E-state index in [4.69, 9.17) is 11.6 Å². The van der Waals surface area contributed by atoms with E-state index in [9.17, 15) is 18.8 Å². The van der Waals surface area contributed by atoms with Crippen LogP contribution in [0, 0.1) is 16.7 Å². The molecule has 6 heteroatoms. The van der Waals surface area contributed by atoms with E-state index in [1.807, 2.05) is 6.07 Å². The highest BCUT2D eigenvalue weighted by Crippen LogP contribution is 2.63. The largest absolute Gasteiger partial charge is 0.395 e. The molecule has 0 aromatic heterocycles. The van der Waals surface area contributed by atoms with E-state index in [0.717, 1.165) is 0 Å². The smallest absolute Gasteiger partial charge is 0.183 e. The molecular formula is C17H14ClNO3S. The third-order valence-electron chi connectivity index (χ3n) is 4.34. The zero-order valence-corrected chi connectivity index (χ0v) is 13.6. The SMILES string of the molecule is N#C[C@]1(CO)[C@H](c2cccc(Cl)c2)[C@H]1S(=O)(=O)c1ccccc1. The standard InChI is InChI=1S/C17H14ClNO3S/c18-13-6-4-5-12(9-13)15-16(17(15,10-19)11-20)23(21,22)14-7-2-1-3-8-14/h1-9,15-16,20H,11H2/t15-,16-,17+/m1/s1. The highest BCUT2D eigenvalue weighted by molar-refractivity contribution is 7.92. The first-order valence-corrected chi connectivity index (χ1v) is 8.96. The number of nitriles is 1. The molecule has 0 bridgehead atoms. The van der Waals surface area contributed by atoms with Gasteiger partial charge in [0, 0.05) is 10.9 Å². The number of hydrogen-bond donors (Lipinski definition) is 1. The van der Waals surface area contributed by atoms with Crippen molar-refractivity contribution in [2.24, 2.45) is 5.41 Å². The van der Waals surface area contributed by atoms with E-state index >= 15 is 0 Å². The lowest BCUT2D eigenvalue weighted by Crippen LogP contribution is -2.18. The Kier molecular flexibility index (Phi) is 3.93. The van der Waals surface area contributed by atoms with Gasteiger partial charge in [0.15, 0.2) is 9.84 Å². The first-order valence-electron chi connectivity index (χ1n) is 7.04. The van der Waals surface area contributed by atoms with Gasteiger partial charge < -0.3 is 5.11 Å². The van der Waals surface area contributed by atoms with Crippen molar-refractivity contribution < 1.29 is 13.5 Å². The van der Waals surface area contributed by atoms with Crippen molar-refractivity contribution in [3.63, 3.8) is 0 Å². The maximum Gasteiger partial charge on any atom is 0.183 e. The molecule has 0 saturated heterocycles. The van der Waals surface area contributed by atoms with Gasteiger partial charge >= 0.3 is 0 Å². The van der Waals surface area contributed by atoms with Crippen LogP contribution >= 0.6 is 11.6 Å². The number of rotatable bonds is 4. The second-order valence-corrected chi connectivity index (χ2v) is 8.13. The molecule has 2 aromatic carbocycles. The molecule has 3 atom stereocenters. The van der Waals surface area contributed by atoms with E-state index in [2.05, 4.69) is 0 Å². The average molecular weight is 348 g/mol.